The predicted octanol–water partition coefficient (Wildman–Crippen LogP) is 1.59. The maximum Gasteiger partial charge on any atom is 0.256 e. The van der Waals surface area contributed by atoms with E-state index in [2.05, 4.69) is 15.0 Å². The number of rotatable bonds is 4. The Hall–Kier alpha value is -1.32. The van der Waals surface area contributed by atoms with Crippen LogP contribution in [0, 0.1) is 0 Å². The van der Waals surface area contributed by atoms with Gasteiger partial charge >= 0.3 is 0 Å². The van der Waals surface area contributed by atoms with Crippen molar-refractivity contribution in [3.63, 3.8) is 0 Å². The zero-order chi connectivity index (χ0) is 9.68. The minimum Gasteiger partial charge on any atom is -0.364 e. The highest BCUT2D eigenvalue weighted by atomic mass is 16.5. The van der Waals surface area contributed by atoms with Crippen molar-refractivity contribution in [2.24, 2.45) is 0 Å². The molecule has 0 radical (unpaired) electrons. The van der Waals surface area contributed by atoms with Gasteiger partial charge < -0.3 is 9.84 Å². The number of carbonyl (C=O) groups is 1. The van der Waals surface area contributed by atoms with Gasteiger partial charge in [0.05, 0.1) is 11.8 Å². The molecule has 0 unspecified atom stereocenters. The van der Waals surface area contributed by atoms with Crippen LogP contribution in [0.3, 0.4) is 0 Å². The number of carbonyl (C=O) groups excluding carboxylic acids is 1. The normalized spacial score (nSPS) is 10.4. The molecular formula is C9H14N2O2. The van der Waals surface area contributed by atoms with Gasteiger partial charge in [0.1, 0.15) is 6.26 Å². The van der Waals surface area contributed by atoms with E-state index in [1.165, 1.54) is 12.5 Å². The molecule has 0 bridgehead atoms. The lowest BCUT2D eigenvalue weighted by Gasteiger charge is -2.13. The van der Waals surface area contributed by atoms with E-state index in [1.54, 1.807) is 0 Å². The Bertz CT molecular complexity index is 253. The lowest BCUT2D eigenvalue weighted by molar-refractivity contribution is 0.0934. The summed E-state index contributed by atoms with van der Waals surface area (Å²) in [7, 11) is 0. The molecule has 0 spiro atoms. The Morgan fingerprint density at radius 1 is 1.62 bits per heavy atom. The lowest BCUT2D eigenvalue weighted by Crippen LogP contribution is -2.33. The second kappa shape index (κ2) is 4.64. The van der Waals surface area contributed by atoms with Gasteiger partial charge in [0, 0.05) is 6.04 Å². The summed E-state index contributed by atoms with van der Waals surface area (Å²) in [5, 5.41) is 6.35. The zero-order valence-corrected chi connectivity index (χ0v) is 7.91. The molecule has 1 aromatic heterocycles. The molecule has 1 heterocycles. The Labute approximate surface area is 77.3 Å². The summed E-state index contributed by atoms with van der Waals surface area (Å²) in [6.07, 6.45) is 4.64. The number of nitrogens with one attached hydrogen (secondary N) is 1. The van der Waals surface area contributed by atoms with Crippen LogP contribution >= 0.6 is 0 Å². The Kier molecular flexibility index (Phi) is 3.49. The van der Waals surface area contributed by atoms with E-state index < -0.39 is 0 Å². The van der Waals surface area contributed by atoms with E-state index in [9.17, 15) is 4.79 Å². The van der Waals surface area contributed by atoms with Crippen LogP contribution in [0.25, 0.3) is 0 Å². The molecule has 4 nitrogen and oxygen atoms in total. The van der Waals surface area contributed by atoms with Crippen molar-refractivity contribution < 1.29 is 9.32 Å². The molecule has 0 saturated heterocycles. The molecule has 13 heavy (non-hydrogen) atoms. The summed E-state index contributed by atoms with van der Waals surface area (Å²) in [6.45, 7) is 4.09. The van der Waals surface area contributed by atoms with Gasteiger partial charge in [0.25, 0.3) is 5.91 Å². The molecule has 1 amide bonds. The van der Waals surface area contributed by atoms with Crippen LogP contribution in [0.2, 0.25) is 0 Å². The third kappa shape index (κ3) is 2.57. The van der Waals surface area contributed by atoms with Crippen molar-refractivity contribution in [3.8, 4) is 0 Å². The molecule has 1 N–H and O–H groups in total. The van der Waals surface area contributed by atoms with Crippen molar-refractivity contribution in [1.82, 2.24) is 10.5 Å². The molecule has 0 saturated carbocycles. The van der Waals surface area contributed by atoms with Crippen LogP contribution in [0.4, 0.5) is 0 Å². The molecule has 0 aliphatic heterocycles. The van der Waals surface area contributed by atoms with Gasteiger partial charge in [-0.3, -0.25) is 4.79 Å². The smallest absolute Gasteiger partial charge is 0.256 e. The van der Waals surface area contributed by atoms with Crippen molar-refractivity contribution in [3.05, 3.63) is 18.0 Å². The third-order valence-corrected chi connectivity index (χ3v) is 2.02. The van der Waals surface area contributed by atoms with E-state index >= 15 is 0 Å². The van der Waals surface area contributed by atoms with Gasteiger partial charge in [-0.25, -0.2) is 0 Å². The van der Waals surface area contributed by atoms with E-state index in [-0.39, 0.29) is 11.9 Å². The number of nitrogens with zero attached hydrogens (tertiary/aromatic N) is 1. The summed E-state index contributed by atoms with van der Waals surface area (Å²) in [4.78, 5) is 11.4. The molecule has 1 rings (SSSR count). The fraction of sp³-hybridized carbons (Fsp3) is 0.556. The van der Waals surface area contributed by atoms with E-state index in [0.717, 1.165) is 12.8 Å². The number of hydrogen-bond donors (Lipinski definition) is 1. The number of aromatic nitrogens is 1. The summed E-state index contributed by atoms with van der Waals surface area (Å²) in [5.41, 5.74) is 0.479. The van der Waals surface area contributed by atoms with Crippen molar-refractivity contribution in [1.29, 1.82) is 0 Å². The van der Waals surface area contributed by atoms with E-state index in [1.807, 2.05) is 13.8 Å². The average molecular weight is 182 g/mol. The first-order valence-corrected chi connectivity index (χ1v) is 4.48. The van der Waals surface area contributed by atoms with E-state index in [0.29, 0.717) is 5.56 Å². The second-order valence-corrected chi connectivity index (χ2v) is 2.90. The van der Waals surface area contributed by atoms with Crippen LogP contribution in [-0.4, -0.2) is 17.1 Å². The maximum atomic E-state index is 11.4. The van der Waals surface area contributed by atoms with Crippen LogP contribution in [-0.2, 0) is 0 Å². The summed E-state index contributed by atoms with van der Waals surface area (Å²) in [5.74, 6) is -0.116. The summed E-state index contributed by atoms with van der Waals surface area (Å²) < 4.78 is 4.57. The Balaban J connectivity index is 2.50. The fourth-order valence-electron chi connectivity index (χ4n) is 1.08. The molecule has 1 aromatic rings. The second-order valence-electron chi connectivity index (χ2n) is 2.90. The molecular weight excluding hydrogens is 168 g/mol. The fourth-order valence-corrected chi connectivity index (χ4v) is 1.08. The average Bonchev–Trinajstić information content (AvgIpc) is 2.66. The highest BCUT2D eigenvalue weighted by molar-refractivity contribution is 5.93. The van der Waals surface area contributed by atoms with Gasteiger partial charge in [-0.2, -0.15) is 0 Å². The number of amides is 1. The molecule has 4 heteroatoms. The minimum absolute atomic E-state index is 0.116. The molecule has 72 valence electrons. The van der Waals surface area contributed by atoms with Gasteiger partial charge in [-0.05, 0) is 12.8 Å². The highest BCUT2D eigenvalue weighted by Gasteiger charge is 2.11. The van der Waals surface area contributed by atoms with Crippen LogP contribution in [0.15, 0.2) is 17.0 Å². The lowest BCUT2D eigenvalue weighted by atomic mass is 10.1. The quantitative estimate of drug-likeness (QED) is 0.769. The largest absolute Gasteiger partial charge is 0.364 e. The first kappa shape index (κ1) is 9.77. The van der Waals surface area contributed by atoms with Crippen LogP contribution in [0.1, 0.15) is 37.0 Å². The monoisotopic (exact) mass is 182 g/mol. The first-order valence-electron chi connectivity index (χ1n) is 4.48. The summed E-state index contributed by atoms with van der Waals surface area (Å²) >= 11 is 0. The van der Waals surface area contributed by atoms with Gasteiger partial charge in [-0.1, -0.05) is 19.0 Å². The highest BCUT2D eigenvalue weighted by Crippen LogP contribution is 2.00. The molecule has 0 atom stereocenters. The molecule has 0 aliphatic rings. The third-order valence-electron chi connectivity index (χ3n) is 2.02. The van der Waals surface area contributed by atoms with E-state index in [4.69, 9.17) is 0 Å². The molecule has 0 fully saturated rings. The minimum atomic E-state index is -0.116. The Morgan fingerprint density at radius 3 is 2.77 bits per heavy atom. The van der Waals surface area contributed by atoms with Crippen molar-refractivity contribution in [2.75, 3.05) is 0 Å². The predicted molar refractivity (Wildman–Crippen MR) is 48.3 cm³/mol. The number of hydrogen-bond acceptors (Lipinski definition) is 3. The standard InChI is InChI=1S/C9H14N2O2/c1-3-8(4-2)11-9(12)7-5-10-13-6-7/h5-6,8H,3-4H2,1-2H3,(H,11,12). The molecule has 0 aliphatic carbocycles. The van der Waals surface area contributed by atoms with Crippen molar-refractivity contribution >= 4 is 5.91 Å². The van der Waals surface area contributed by atoms with Gasteiger partial charge in [0.2, 0.25) is 0 Å². The molecule has 0 aromatic carbocycles. The van der Waals surface area contributed by atoms with Gasteiger partial charge in [-0.15, -0.1) is 0 Å². The topological polar surface area (TPSA) is 55.1 Å². The SMILES string of the molecule is CCC(CC)NC(=O)c1cnoc1. The van der Waals surface area contributed by atoms with Crippen LogP contribution < -0.4 is 5.32 Å². The first-order chi connectivity index (χ1) is 6.27. The van der Waals surface area contributed by atoms with Gasteiger partial charge in [0.15, 0.2) is 0 Å². The van der Waals surface area contributed by atoms with Crippen molar-refractivity contribution in [2.45, 2.75) is 32.7 Å². The summed E-state index contributed by atoms with van der Waals surface area (Å²) in [6, 6.07) is 0.238. The van der Waals surface area contributed by atoms with Crippen LogP contribution in [0.5, 0.6) is 0 Å². The maximum absolute atomic E-state index is 11.4. The zero-order valence-electron chi connectivity index (χ0n) is 7.91. The Morgan fingerprint density at radius 2 is 2.31 bits per heavy atom.